The molecule has 142 valence electrons. The van der Waals surface area contributed by atoms with Crippen LogP contribution in [0.4, 0.5) is 10.8 Å². The summed E-state index contributed by atoms with van der Waals surface area (Å²) in [6, 6.07) is 6.79. The summed E-state index contributed by atoms with van der Waals surface area (Å²) in [5.74, 6) is -0.0479. The highest BCUT2D eigenvalue weighted by Crippen LogP contribution is 2.26. The van der Waals surface area contributed by atoms with Crippen molar-refractivity contribution in [2.45, 2.75) is 25.3 Å². The third kappa shape index (κ3) is 5.66. The fraction of sp³-hybridized carbons (Fsp3) is 0.375. The number of nitrogens with zero attached hydrogens (tertiary/aromatic N) is 1. The first-order valence-electron chi connectivity index (χ1n) is 7.99. The summed E-state index contributed by atoms with van der Waals surface area (Å²) in [6.07, 6.45) is 4.12. The Hall–Kier alpha value is -1.68. The molecule has 7 nitrogen and oxygen atoms in total. The van der Waals surface area contributed by atoms with E-state index < -0.39 is 10.0 Å². The highest BCUT2D eigenvalue weighted by molar-refractivity contribution is 7.92. The van der Waals surface area contributed by atoms with Crippen molar-refractivity contribution in [3.63, 3.8) is 0 Å². The van der Waals surface area contributed by atoms with Gasteiger partial charge >= 0.3 is 0 Å². The Morgan fingerprint density at radius 3 is 2.62 bits per heavy atom. The van der Waals surface area contributed by atoms with E-state index in [1.165, 1.54) is 11.3 Å². The van der Waals surface area contributed by atoms with Gasteiger partial charge in [0.25, 0.3) is 0 Å². The van der Waals surface area contributed by atoms with Gasteiger partial charge in [-0.3, -0.25) is 9.52 Å². The van der Waals surface area contributed by atoms with Crippen LogP contribution in [-0.4, -0.2) is 38.2 Å². The van der Waals surface area contributed by atoms with Gasteiger partial charge < -0.3 is 10.6 Å². The van der Waals surface area contributed by atoms with E-state index in [0.717, 1.165) is 43.3 Å². The molecule has 3 rings (SSSR count). The molecule has 1 atom stereocenters. The van der Waals surface area contributed by atoms with Crippen molar-refractivity contribution >= 4 is 50.5 Å². The third-order valence-corrected chi connectivity index (χ3v) is 5.21. The number of aromatic nitrogens is 1. The number of amides is 1. The van der Waals surface area contributed by atoms with Gasteiger partial charge in [0.05, 0.1) is 18.0 Å². The minimum absolute atomic E-state index is 0. The number of nitrogens with one attached hydrogen (secondary N) is 3. The molecule has 1 fully saturated rings. The van der Waals surface area contributed by atoms with E-state index in [9.17, 15) is 13.2 Å². The van der Waals surface area contributed by atoms with Crippen molar-refractivity contribution in [3.8, 4) is 11.3 Å². The molecule has 0 radical (unpaired) electrons. The van der Waals surface area contributed by atoms with E-state index >= 15 is 0 Å². The van der Waals surface area contributed by atoms with Gasteiger partial charge in [0.15, 0.2) is 5.13 Å². The molecule has 1 aliphatic heterocycles. The summed E-state index contributed by atoms with van der Waals surface area (Å²) in [7, 11) is -3.29. The normalized spacial score (nSPS) is 17.2. The maximum Gasteiger partial charge on any atom is 0.243 e. The number of hydrogen-bond acceptors (Lipinski definition) is 6. The minimum Gasteiger partial charge on any atom is -0.306 e. The van der Waals surface area contributed by atoms with Crippen LogP contribution in [0.5, 0.6) is 0 Å². The van der Waals surface area contributed by atoms with E-state index in [2.05, 4.69) is 20.3 Å². The molecule has 0 bridgehead atoms. The van der Waals surface area contributed by atoms with Crippen LogP contribution in [0.2, 0.25) is 0 Å². The number of rotatable bonds is 5. The maximum absolute atomic E-state index is 12.2. The molecule has 2 aromatic rings. The molecule has 26 heavy (non-hydrogen) atoms. The summed E-state index contributed by atoms with van der Waals surface area (Å²) in [4.78, 5) is 16.7. The number of piperidine rings is 1. The first kappa shape index (κ1) is 20.6. The zero-order valence-corrected chi connectivity index (χ0v) is 16.6. The monoisotopic (exact) mass is 416 g/mol. The summed E-state index contributed by atoms with van der Waals surface area (Å²) in [5.41, 5.74) is 2.09. The van der Waals surface area contributed by atoms with Crippen LogP contribution < -0.4 is 15.4 Å². The summed E-state index contributed by atoms with van der Waals surface area (Å²) in [6.45, 7) is 0.870. The third-order valence-electron chi connectivity index (χ3n) is 3.85. The Bertz CT molecular complexity index is 847. The summed E-state index contributed by atoms with van der Waals surface area (Å²) >= 11 is 1.37. The van der Waals surface area contributed by atoms with Gasteiger partial charge in [-0.1, -0.05) is 18.6 Å². The molecule has 1 unspecified atom stereocenters. The van der Waals surface area contributed by atoms with Crippen LogP contribution in [-0.2, 0) is 14.8 Å². The second-order valence-corrected chi connectivity index (χ2v) is 8.59. The first-order valence-corrected chi connectivity index (χ1v) is 10.8. The topological polar surface area (TPSA) is 100 Å². The molecule has 1 aromatic heterocycles. The Morgan fingerprint density at radius 2 is 2.00 bits per heavy atom. The molecule has 1 aliphatic rings. The van der Waals surface area contributed by atoms with Gasteiger partial charge in [-0.25, -0.2) is 13.4 Å². The van der Waals surface area contributed by atoms with Gasteiger partial charge in [0.1, 0.15) is 0 Å². The maximum atomic E-state index is 12.2. The highest BCUT2D eigenvalue weighted by atomic mass is 35.5. The Kier molecular flexibility index (Phi) is 6.99. The average Bonchev–Trinajstić information content (AvgIpc) is 3.03. The van der Waals surface area contributed by atoms with Crippen LogP contribution in [0, 0.1) is 0 Å². The van der Waals surface area contributed by atoms with Gasteiger partial charge in [-0.05, 0) is 31.5 Å². The molecule has 10 heteroatoms. The van der Waals surface area contributed by atoms with Gasteiger partial charge in [0.2, 0.25) is 15.9 Å². The van der Waals surface area contributed by atoms with Crippen LogP contribution in [0.3, 0.4) is 0 Å². The average molecular weight is 417 g/mol. The second kappa shape index (κ2) is 8.81. The molecule has 2 heterocycles. The smallest absolute Gasteiger partial charge is 0.243 e. The van der Waals surface area contributed by atoms with Crippen LogP contribution >= 0.6 is 23.7 Å². The number of carbonyl (C=O) groups excluding carboxylic acids is 1. The summed E-state index contributed by atoms with van der Waals surface area (Å²) in [5, 5.41) is 8.49. The van der Waals surface area contributed by atoms with Crippen LogP contribution in [0.1, 0.15) is 19.3 Å². The minimum atomic E-state index is -3.29. The predicted molar refractivity (Wildman–Crippen MR) is 108 cm³/mol. The molecule has 0 spiro atoms. The lowest BCUT2D eigenvalue weighted by atomic mass is 10.0. The van der Waals surface area contributed by atoms with Crippen molar-refractivity contribution < 1.29 is 13.2 Å². The molecule has 0 saturated carbocycles. The predicted octanol–water partition coefficient (Wildman–Crippen LogP) is 2.68. The van der Waals surface area contributed by atoms with Gasteiger partial charge in [-0.2, -0.15) is 0 Å². The quantitative estimate of drug-likeness (QED) is 0.695. The second-order valence-electron chi connectivity index (χ2n) is 5.98. The Morgan fingerprint density at radius 1 is 1.27 bits per heavy atom. The van der Waals surface area contributed by atoms with E-state index in [4.69, 9.17) is 0 Å². The fourth-order valence-electron chi connectivity index (χ4n) is 2.65. The van der Waals surface area contributed by atoms with E-state index in [1.54, 1.807) is 24.3 Å². The number of carbonyl (C=O) groups is 1. The Labute approximate surface area is 163 Å². The van der Waals surface area contributed by atoms with E-state index in [0.29, 0.717) is 10.8 Å². The lowest BCUT2D eigenvalue weighted by Gasteiger charge is -2.21. The first-order chi connectivity index (χ1) is 11.9. The zero-order valence-electron chi connectivity index (χ0n) is 14.2. The molecular formula is C16H21ClN4O3S2. The van der Waals surface area contributed by atoms with Gasteiger partial charge in [-0.15, -0.1) is 23.7 Å². The van der Waals surface area contributed by atoms with Crippen molar-refractivity contribution in [2.75, 3.05) is 22.8 Å². The number of anilines is 2. The highest BCUT2D eigenvalue weighted by Gasteiger charge is 2.21. The molecule has 1 amide bonds. The lowest BCUT2D eigenvalue weighted by Crippen LogP contribution is -2.43. The number of halogens is 1. The van der Waals surface area contributed by atoms with E-state index in [-0.39, 0.29) is 24.4 Å². The largest absolute Gasteiger partial charge is 0.306 e. The van der Waals surface area contributed by atoms with Crippen molar-refractivity contribution in [1.82, 2.24) is 10.3 Å². The lowest BCUT2D eigenvalue weighted by molar-refractivity contribution is -0.118. The molecular weight excluding hydrogens is 396 g/mol. The van der Waals surface area contributed by atoms with Crippen LogP contribution in [0.15, 0.2) is 29.6 Å². The van der Waals surface area contributed by atoms with Crippen molar-refractivity contribution in [1.29, 1.82) is 0 Å². The van der Waals surface area contributed by atoms with Crippen molar-refractivity contribution in [2.24, 2.45) is 0 Å². The number of hydrogen-bond donors (Lipinski definition) is 3. The fourth-order valence-corrected chi connectivity index (χ4v) is 3.94. The summed E-state index contributed by atoms with van der Waals surface area (Å²) < 4.78 is 24.9. The number of sulfonamides is 1. The van der Waals surface area contributed by atoms with Gasteiger partial charge in [0, 0.05) is 16.6 Å². The molecule has 1 saturated heterocycles. The Balaban J connectivity index is 0.00000243. The SMILES string of the molecule is CS(=O)(=O)Nc1ccc(-c2csc(NC(=O)C3CCCCN3)n2)cc1.Cl. The zero-order chi connectivity index (χ0) is 17.9. The van der Waals surface area contributed by atoms with Crippen LogP contribution in [0.25, 0.3) is 11.3 Å². The van der Waals surface area contributed by atoms with Crippen molar-refractivity contribution in [3.05, 3.63) is 29.6 Å². The number of thiazole rings is 1. The number of benzene rings is 1. The molecule has 1 aromatic carbocycles. The van der Waals surface area contributed by atoms with E-state index in [1.807, 2.05) is 5.38 Å². The standard InChI is InChI=1S/C16H20N4O3S2.ClH/c1-25(22,23)20-12-7-5-11(6-8-12)14-10-24-16(18-14)19-15(21)13-4-2-3-9-17-13;/h5-8,10,13,17,20H,2-4,9H2,1H3,(H,18,19,21);1H. The molecule has 0 aliphatic carbocycles. The molecule has 3 N–H and O–H groups in total.